The molecule has 0 heterocycles. The monoisotopic (exact) mass is 362 g/mol. The van der Waals surface area contributed by atoms with Gasteiger partial charge in [0, 0.05) is 6.54 Å². The molecule has 0 unspecified atom stereocenters. The normalized spacial score (nSPS) is 11.4. The second kappa shape index (κ2) is 8.13. The molecule has 2 rings (SSSR count). The number of ether oxygens (including phenoxy) is 1. The number of rotatable bonds is 7. The van der Waals surface area contributed by atoms with Crippen molar-refractivity contribution in [1.82, 2.24) is 4.31 Å². The molecule has 2 aromatic carbocycles. The average molecular weight is 362 g/mol. The van der Waals surface area contributed by atoms with Crippen molar-refractivity contribution in [3.05, 3.63) is 59.7 Å². The van der Waals surface area contributed by atoms with Gasteiger partial charge in [-0.05, 0) is 24.6 Å². The Labute approximate surface area is 148 Å². The summed E-state index contributed by atoms with van der Waals surface area (Å²) in [4.78, 5) is 12.3. The van der Waals surface area contributed by atoms with Gasteiger partial charge in [-0.3, -0.25) is 4.79 Å². The Kier molecular flexibility index (Phi) is 6.17. The molecule has 0 fully saturated rings. The Balaban J connectivity index is 2.13. The van der Waals surface area contributed by atoms with Crippen LogP contribution in [0.15, 0.2) is 48.5 Å². The van der Waals surface area contributed by atoms with Crippen molar-refractivity contribution in [2.45, 2.75) is 13.5 Å². The molecule has 0 aliphatic heterocycles. The molecule has 134 valence electrons. The van der Waals surface area contributed by atoms with E-state index >= 15 is 0 Å². The molecule has 7 heteroatoms. The van der Waals surface area contributed by atoms with E-state index in [0.29, 0.717) is 11.4 Å². The maximum atomic E-state index is 12.3. The van der Waals surface area contributed by atoms with Crippen molar-refractivity contribution in [2.24, 2.45) is 0 Å². The first-order chi connectivity index (χ1) is 11.8. The van der Waals surface area contributed by atoms with Crippen LogP contribution < -0.4 is 10.1 Å². The molecule has 0 saturated heterocycles. The van der Waals surface area contributed by atoms with E-state index in [1.807, 2.05) is 31.2 Å². The van der Waals surface area contributed by atoms with Gasteiger partial charge >= 0.3 is 0 Å². The Morgan fingerprint density at radius 3 is 2.52 bits per heavy atom. The molecular formula is C18H22N2O4S. The minimum atomic E-state index is -3.54. The number of carbonyl (C=O) groups excluding carboxylic acids is 1. The molecule has 2 aromatic rings. The van der Waals surface area contributed by atoms with Gasteiger partial charge in [-0.1, -0.05) is 42.0 Å². The number of amides is 1. The number of hydrogen-bond donors (Lipinski definition) is 1. The summed E-state index contributed by atoms with van der Waals surface area (Å²) in [6.07, 6.45) is 1.10. The minimum Gasteiger partial charge on any atom is -0.495 e. The topological polar surface area (TPSA) is 75.7 Å². The lowest BCUT2D eigenvalue weighted by Crippen LogP contribution is -2.37. The maximum absolute atomic E-state index is 12.3. The van der Waals surface area contributed by atoms with Gasteiger partial charge < -0.3 is 10.1 Å². The number of aryl methyl sites for hydroxylation is 1. The van der Waals surface area contributed by atoms with Gasteiger partial charge in [0.05, 0.1) is 25.6 Å². The molecule has 0 aromatic heterocycles. The van der Waals surface area contributed by atoms with Crippen molar-refractivity contribution >= 4 is 21.6 Å². The zero-order valence-electron chi connectivity index (χ0n) is 14.5. The van der Waals surface area contributed by atoms with Gasteiger partial charge in [0.25, 0.3) is 0 Å². The number of nitrogens with zero attached hydrogens (tertiary/aromatic N) is 1. The summed E-state index contributed by atoms with van der Waals surface area (Å²) in [5.74, 6) is 0.0861. The van der Waals surface area contributed by atoms with Crippen molar-refractivity contribution in [3.63, 3.8) is 0 Å². The zero-order chi connectivity index (χ0) is 18.4. The lowest BCUT2D eigenvalue weighted by molar-refractivity contribution is -0.116. The van der Waals surface area contributed by atoms with Gasteiger partial charge in [0.2, 0.25) is 15.9 Å². The molecule has 0 aliphatic carbocycles. The van der Waals surface area contributed by atoms with Crippen molar-refractivity contribution < 1.29 is 17.9 Å². The summed E-state index contributed by atoms with van der Waals surface area (Å²) in [7, 11) is -2.03. The average Bonchev–Trinajstić information content (AvgIpc) is 2.54. The van der Waals surface area contributed by atoms with Gasteiger partial charge in [0.1, 0.15) is 5.75 Å². The Morgan fingerprint density at radius 2 is 1.88 bits per heavy atom. The van der Waals surface area contributed by atoms with E-state index in [-0.39, 0.29) is 13.1 Å². The summed E-state index contributed by atoms with van der Waals surface area (Å²) in [5.41, 5.74) is 2.36. The largest absolute Gasteiger partial charge is 0.495 e. The molecule has 0 atom stereocenters. The standard InChI is InChI=1S/C18H22N2O4S/c1-14-7-6-8-15(11-14)12-20(25(3,22)23)13-18(21)19-16-9-4-5-10-17(16)24-2/h4-11H,12-13H2,1-3H3,(H,19,21). The van der Waals surface area contributed by atoms with Crippen LogP contribution in [0.3, 0.4) is 0 Å². The summed E-state index contributed by atoms with van der Waals surface area (Å²) in [5, 5.41) is 2.69. The first kappa shape index (κ1) is 19.0. The molecule has 0 spiro atoms. The first-order valence-corrected chi connectivity index (χ1v) is 9.58. The first-order valence-electron chi connectivity index (χ1n) is 7.73. The van der Waals surface area contributed by atoms with Gasteiger partial charge in [-0.15, -0.1) is 0 Å². The Morgan fingerprint density at radius 1 is 1.16 bits per heavy atom. The predicted molar refractivity (Wildman–Crippen MR) is 98.1 cm³/mol. The van der Waals surface area contributed by atoms with E-state index in [0.717, 1.165) is 21.7 Å². The van der Waals surface area contributed by atoms with Crippen LogP contribution in [0.5, 0.6) is 5.75 Å². The van der Waals surface area contributed by atoms with Crippen LogP contribution >= 0.6 is 0 Å². The van der Waals surface area contributed by atoms with Crippen molar-refractivity contribution in [1.29, 1.82) is 0 Å². The predicted octanol–water partition coefficient (Wildman–Crippen LogP) is 2.40. The Bertz CT molecular complexity index is 850. The molecule has 1 N–H and O–H groups in total. The van der Waals surface area contributed by atoms with E-state index in [1.165, 1.54) is 7.11 Å². The molecule has 0 bridgehead atoms. The van der Waals surface area contributed by atoms with Crippen LogP contribution in [0.1, 0.15) is 11.1 Å². The molecule has 0 aliphatic rings. The highest BCUT2D eigenvalue weighted by Gasteiger charge is 2.21. The highest BCUT2D eigenvalue weighted by atomic mass is 32.2. The summed E-state index contributed by atoms with van der Waals surface area (Å²) in [6, 6.07) is 14.5. The fourth-order valence-corrected chi connectivity index (χ4v) is 3.14. The maximum Gasteiger partial charge on any atom is 0.239 e. The van der Waals surface area contributed by atoms with Gasteiger partial charge in [-0.2, -0.15) is 4.31 Å². The molecular weight excluding hydrogens is 340 g/mol. The SMILES string of the molecule is COc1ccccc1NC(=O)CN(Cc1cccc(C)c1)S(C)(=O)=O. The highest BCUT2D eigenvalue weighted by Crippen LogP contribution is 2.23. The number of anilines is 1. The van der Waals surface area contributed by atoms with Gasteiger partial charge in [-0.25, -0.2) is 8.42 Å². The number of benzene rings is 2. The highest BCUT2D eigenvalue weighted by molar-refractivity contribution is 7.88. The molecule has 25 heavy (non-hydrogen) atoms. The third-order valence-corrected chi connectivity index (χ3v) is 4.81. The number of nitrogens with one attached hydrogen (secondary N) is 1. The molecule has 6 nitrogen and oxygen atoms in total. The zero-order valence-corrected chi connectivity index (χ0v) is 15.3. The van der Waals surface area contributed by atoms with Crippen LogP contribution in [0.25, 0.3) is 0 Å². The van der Waals surface area contributed by atoms with Crippen LogP contribution in [-0.4, -0.2) is 38.5 Å². The molecule has 0 radical (unpaired) electrons. The van der Waals surface area contributed by atoms with E-state index in [1.54, 1.807) is 24.3 Å². The number of sulfonamides is 1. The van der Waals surface area contributed by atoms with E-state index < -0.39 is 15.9 Å². The Hall–Kier alpha value is -2.38. The van der Waals surface area contributed by atoms with Crippen LogP contribution in [-0.2, 0) is 21.4 Å². The number of hydrogen-bond acceptors (Lipinski definition) is 4. The van der Waals surface area contributed by atoms with E-state index in [4.69, 9.17) is 4.74 Å². The lowest BCUT2D eigenvalue weighted by Gasteiger charge is -2.20. The fraction of sp³-hybridized carbons (Fsp3) is 0.278. The number of carbonyl (C=O) groups is 1. The summed E-state index contributed by atoms with van der Waals surface area (Å²) >= 11 is 0. The minimum absolute atomic E-state index is 0.139. The fourth-order valence-electron chi connectivity index (χ4n) is 2.40. The summed E-state index contributed by atoms with van der Waals surface area (Å²) in [6.45, 7) is 1.80. The van der Waals surface area contributed by atoms with Crippen LogP contribution in [0.2, 0.25) is 0 Å². The van der Waals surface area contributed by atoms with Crippen molar-refractivity contribution in [2.75, 3.05) is 25.2 Å². The third-order valence-electron chi connectivity index (χ3n) is 3.61. The molecule has 1 amide bonds. The number of methoxy groups -OCH3 is 1. The quantitative estimate of drug-likeness (QED) is 0.821. The molecule has 0 saturated carbocycles. The van der Waals surface area contributed by atoms with Crippen LogP contribution in [0, 0.1) is 6.92 Å². The smallest absolute Gasteiger partial charge is 0.239 e. The lowest BCUT2D eigenvalue weighted by atomic mass is 10.1. The van der Waals surface area contributed by atoms with Crippen molar-refractivity contribution in [3.8, 4) is 5.75 Å². The van der Waals surface area contributed by atoms with Gasteiger partial charge in [0.15, 0.2) is 0 Å². The summed E-state index contributed by atoms with van der Waals surface area (Å²) < 4.78 is 30.4. The van der Waals surface area contributed by atoms with E-state index in [9.17, 15) is 13.2 Å². The number of para-hydroxylation sites is 2. The second-order valence-corrected chi connectivity index (χ2v) is 7.75. The third kappa shape index (κ3) is 5.58. The van der Waals surface area contributed by atoms with Crippen LogP contribution in [0.4, 0.5) is 5.69 Å². The van der Waals surface area contributed by atoms with E-state index in [2.05, 4.69) is 5.32 Å². The second-order valence-electron chi connectivity index (χ2n) is 5.77.